The normalized spacial score (nSPS) is 12.7. The molecule has 0 saturated heterocycles. The van der Waals surface area contributed by atoms with Crippen molar-refractivity contribution in [3.05, 3.63) is 83.9 Å². The number of aromatic nitrogens is 2. The molecule has 3 aromatic rings. The molecule has 2 aromatic heterocycles. The SMILES string of the molecule is CN1CCc2ccc(C(=O)N(Cc3ccccn3)c3ccncc3)cc21. The van der Waals surface area contributed by atoms with Crippen LogP contribution >= 0.6 is 0 Å². The van der Waals surface area contributed by atoms with Gasteiger partial charge in [-0.3, -0.25) is 14.8 Å². The van der Waals surface area contributed by atoms with Crippen molar-refractivity contribution in [3.8, 4) is 0 Å². The van der Waals surface area contributed by atoms with Crippen molar-refractivity contribution in [2.24, 2.45) is 0 Å². The van der Waals surface area contributed by atoms with Gasteiger partial charge in [0.25, 0.3) is 5.91 Å². The molecule has 0 saturated carbocycles. The Labute approximate surface area is 152 Å². The molecular weight excluding hydrogens is 324 g/mol. The molecule has 0 spiro atoms. The number of carbonyl (C=O) groups is 1. The molecule has 26 heavy (non-hydrogen) atoms. The summed E-state index contributed by atoms with van der Waals surface area (Å²) >= 11 is 0. The molecule has 0 bridgehead atoms. The number of carbonyl (C=O) groups excluding carboxylic acids is 1. The fraction of sp³-hybridized carbons (Fsp3) is 0.190. The molecule has 130 valence electrons. The van der Waals surface area contributed by atoms with Gasteiger partial charge in [0, 0.05) is 49.1 Å². The number of fused-ring (bicyclic) bond motifs is 1. The van der Waals surface area contributed by atoms with Crippen LogP contribution in [0.5, 0.6) is 0 Å². The van der Waals surface area contributed by atoms with Crippen molar-refractivity contribution in [2.75, 3.05) is 23.4 Å². The lowest BCUT2D eigenvalue weighted by atomic mass is 10.1. The number of hydrogen-bond donors (Lipinski definition) is 0. The van der Waals surface area contributed by atoms with Crippen LogP contribution in [0.1, 0.15) is 21.6 Å². The Morgan fingerprint density at radius 1 is 1.12 bits per heavy atom. The van der Waals surface area contributed by atoms with E-state index in [1.54, 1.807) is 23.5 Å². The summed E-state index contributed by atoms with van der Waals surface area (Å²) < 4.78 is 0. The van der Waals surface area contributed by atoms with E-state index in [1.807, 2.05) is 42.5 Å². The highest BCUT2D eigenvalue weighted by Gasteiger charge is 2.22. The maximum absolute atomic E-state index is 13.3. The van der Waals surface area contributed by atoms with Gasteiger partial charge in [0.1, 0.15) is 0 Å². The molecule has 0 N–H and O–H groups in total. The minimum atomic E-state index is -0.0371. The number of hydrogen-bond acceptors (Lipinski definition) is 4. The van der Waals surface area contributed by atoms with Crippen molar-refractivity contribution < 1.29 is 4.79 Å². The highest BCUT2D eigenvalue weighted by molar-refractivity contribution is 6.06. The predicted molar refractivity (Wildman–Crippen MR) is 102 cm³/mol. The largest absolute Gasteiger partial charge is 0.374 e. The van der Waals surface area contributed by atoms with Gasteiger partial charge in [0.05, 0.1) is 12.2 Å². The lowest BCUT2D eigenvalue weighted by molar-refractivity contribution is 0.0985. The third-order valence-corrected chi connectivity index (χ3v) is 4.73. The number of anilines is 2. The first kappa shape index (κ1) is 16.3. The molecule has 1 amide bonds. The van der Waals surface area contributed by atoms with Crippen LogP contribution in [0.3, 0.4) is 0 Å². The number of pyridine rings is 2. The highest BCUT2D eigenvalue weighted by atomic mass is 16.2. The summed E-state index contributed by atoms with van der Waals surface area (Å²) in [7, 11) is 2.06. The number of amides is 1. The third-order valence-electron chi connectivity index (χ3n) is 4.73. The summed E-state index contributed by atoms with van der Waals surface area (Å²) in [5.41, 5.74) is 4.78. The second-order valence-corrected chi connectivity index (χ2v) is 6.43. The topological polar surface area (TPSA) is 49.3 Å². The first-order chi connectivity index (χ1) is 12.7. The van der Waals surface area contributed by atoms with Gasteiger partial charge in [0.2, 0.25) is 0 Å². The molecule has 1 aromatic carbocycles. The van der Waals surface area contributed by atoms with Crippen LogP contribution in [0, 0.1) is 0 Å². The monoisotopic (exact) mass is 344 g/mol. The van der Waals surface area contributed by atoms with Crippen molar-refractivity contribution in [3.63, 3.8) is 0 Å². The van der Waals surface area contributed by atoms with Crippen LogP contribution in [0.15, 0.2) is 67.1 Å². The molecule has 5 nitrogen and oxygen atoms in total. The molecule has 4 rings (SSSR count). The molecule has 3 heterocycles. The zero-order chi connectivity index (χ0) is 17.9. The van der Waals surface area contributed by atoms with E-state index in [-0.39, 0.29) is 5.91 Å². The van der Waals surface area contributed by atoms with Crippen LogP contribution in [-0.2, 0) is 13.0 Å². The molecule has 0 aliphatic carbocycles. The number of rotatable bonds is 4. The van der Waals surface area contributed by atoms with Crippen molar-refractivity contribution in [1.82, 2.24) is 9.97 Å². The van der Waals surface area contributed by atoms with Crippen LogP contribution in [0.4, 0.5) is 11.4 Å². The number of likely N-dealkylation sites (N-methyl/N-ethyl adjacent to an activating group) is 1. The fourth-order valence-electron chi connectivity index (χ4n) is 3.29. The van der Waals surface area contributed by atoms with Gasteiger partial charge in [-0.05, 0) is 48.4 Å². The third kappa shape index (κ3) is 3.16. The van der Waals surface area contributed by atoms with Gasteiger partial charge >= 0.3 is 0 Å². The molecule has 1 aliphatic heterocycles. The van der Waals surface area contributed by atoms with Gasteiger partial charge in [-0.2, -0.15) is 0 Å². The van der Waals surface area contributed by atoms with Crippen molar-refractivity contribution >= 4 is 17.3 Å². The Balaban J connectivity index is 1.69. The Morgan fingerprint density at radius 3 is 2.73 bits per heavy atom. The zero-order valence-corrected chi connectivity index (χ0v) is 14.7. The molecule has 0 radical (unpaired) electrons. The maximum Gasteiger partial charge on any atom is 0.258 e. The summed E-state index contributed by atoms with van der Waals surface area (Å²) in [5, 5.41) is 0. The molecule has 0 atom stereocenters. The average molecular weight is 344 g/mol. The molecular formula is C21H20N4O. The zero-order valence-electron chi connectivity index (χ0n) is 14.7. The smallest absolute Gasteiger partial charge is 0.258 e. The second kappa shape index (κ2) is 6.96. The van der Waals surface area contributed by atoms with Crippen LogP contribution in [0.25, 0.3) is 0 Å². The quantitative estimate of drug-likeness (QED) is 0.728. The number of benzene rings is 1. The van der Waals surface area contributed by atoms with E-state index in [1.165, 1.54) is 5.56 Å². The van der Waals surface area contributed by atoms with Crippen molar-refractivity contribution in [1.29, 1.82) is 0 Å². The Hall–Kier alpha value is -3.21. The molecule has 0 fully saturated rings. The van der Waals surface area contributed by atoms with Gasteiger partial charge in [-0.15, -0.1) is 0 Å². The minimum Gasteiger partial charge on any atom is -0.374 e. The Bertz CT molecular complexity index is 912. The van der Waals surface area contributed by atoms with Crippen LogP contribution in [-0.4, -0.2) is 29.5 Å². The van der Waals surface area contributed by atoms with E-state index in [9.17, 15) is 4.79 Å². The fourth-order valence-corrected chi connectivity index (χ4v) is 3.29. The first-order valence-electron chi connectivity index (χ1n) is 8.68. The van der Waals surface area contributed by atoms with E-state index in [2.05, 4.69) is 28.0 Å². The average Bonchev–Trinajstić information content (AvgIpc) is 3.07. The van der Waals surface area contributed by atoms with Gasteiger partial charge in [0.15, 0.2) is 0 Å². The van der Waals surface area contributed by atoms with Crippen LogP contribution in [0.2, 0.25) is 0 Å². The van der Waals surface area contributed by atoms with E-state index in [0.29, 0.717) is 12.1 Å². The summed E-state index contributed by atoms with van der Waals surface area (Å²) in [6, 6.07) is 15.4. The van der Waals surface area contributed by atoms with Gasteiger partial charge in [-0.25, -0.2) is 0 Å². The summed E-state index contributed by atoms with van der Waals surface area (Å²) in [6.07, 6.45) is 6.17. The van der Waals surface area contributed by atoms with E-state index < -0.39 is 0 Å². The second-order valence-electron chi connectivity index (χ2n) is 6.43. The highest BCUT2D eigenvalue weighted by Crippen LogP contribution is 2.29. The first-order valence-corrected chi connectivity index (χ1v) is 8.68. The lowest BCUT2D eigenvalue weighted by Gasteiger charge is -2.23. The minimum absolute atomic E-state index is 0.0371. The molecule has 1 aliphatic rings. The molecule has 5 heteroatoms. The predicted octanol–water partition coefficient (Wildman–Crippen LogP) is 3.32. The number of nitrogens with zero attached hydrogens (tertiary/aromatic N) is 4. The standard InChI is InChI=1S/C21H20N4O/c1-24-13-9-16-5-6-17(14-20(16)24)21(26)25(19-7-11-22-12-8-19)15-18-4-2-3-10-23-18/h2-8,10-12,14H,9,13,15H2,1H3. The van der Waals surface area contributed by atoms with Gasteiger partial charge in [-0.1, -0.05) is 12.1 Å². The van der Waals surface area contributed by atoms with E-state index in [0.717, 1.165) is 30.0 Å². The molecule has 0 unspecified atom stereocenters. The van der Waals surface area contributed by atoms with Crippen molar-refractivity contribution in [2.45, 2.75) is 13.0 Å². The summed E-state index contributed by atoms with van der Waals surface area (Å²) in [6.45, 7) is 1.41. The van der Waals surface area contributed by atoms with Gasteiger partial charge < -0.3 is 9.80 Å². The summed E-state index contributed by atoms with van der Waals surface area (Å²) in [5.74, 6) is -0.0371. The summed E-state index contributed by atoms with van der Waals surface area (Å²) in [4.78, 5) is 25.7. The Kier molecular flexibility index (Phi) is 4.35. The van der Waals surface area contributed by atoms with E-state index in [4.69, 9.17) is 0 Å². The lowest BCUT2D eigenvalue weighted by Crippen LogP contribution is -2.31. The Morgan fingerprint density at radius 2 is 1.96 bits per heavy atom. The van der Waals surface area contributed by atoms with Crippen LogP contribution < -0.4 is 9.80 Å². The van der Waals surface area contributed by atoms with E-state index >= 15 is 0 Å². The maximum atomic E-state index is 13.3.